The molecule has 0 radical (unpaired) electrons. The molecule has 47 heavy (non-hydrogen) atoms. The Morgan fingerprint density at radius 1 is 1.06 bits per heavy atom. The molecule has 2 aliphatic rings. The Balaban J connectivity index is 1.09. The number of piperazine rings is 1. The van der Waals surface area contributed by atoms with Crippen LogP contribution in [-0.4, -0.2) is 105 Å². The minimum atomic E-state index is -1.21. The van der Waals surface area contributed by atoms with Gasteiger partial charge >= 0.3 is 5.97 Å². The number of fused-ring (bicyclic) bond motifs is 1. The Morgan fingerprint density at radius 2 is 1.85 bits per heavy atom. The Bertz CT molecular complexity index is 1860. The number of anilines is 2. The summed E-state index contributed by atoms with van der Waals surface area (Å²) in [5, 5.41) is 21.3. The molecular formula is C32H31ClF2N8O4. The number of ether oxygens (including phenoxy) is 1. The minimum absolute atomic E-state index is 0.0522. The first-order chi connectivity index (χ1) is 22.7. The SMILES string of the molecule is N#CCOc1ccc(-c2cnc3c(Nc4ccc(C(=O)N5CCN(CCN6CCC(C(=O)O)C6)CC5)c(Cl)c4)nccn23)c(F)c1F. The van der Waals surface area contributed by atoms with Crippen molar-refractivity contribution in [3.63, 3.8) is 0 Å². The lowest BCUT2D eigenvalue weighted by molar-refractivity contribution is -0.141. The highest BCUT2D eigenvalue weighted by Gasteiger charge is 2.29. The van der Waals surface area contributed by atoms with E-state index in [1.165, 1.54) is 24.5 Å². The van der Waals surface area contributed by atoms with Gasteiger partial charge in [0.15, 0.2) is 29.6 Å². The number of imidazole rings is 1. The predicted molar refractivity (Wildman–Crippen MR) is 169 cm³/mol. The average Bonchev–Trinajstić information content (AvgIpc) is 3.73. The number of aliphatic carboxylic acids is 1. The van der Waals surface area contributed by atoms with Gasteiger partial charge < -0.3 is 25.0 Å². The predicted octanol–water partition coefficient (Wildman–Crippen LogP) is 4.14. The zero-order valence-corrected chi connectivity index (χ0v) is 26.0. The second-order valence-electron chi connectivity index (χ2n) is 11.4. The van der Waals surface area contributed by atoms with E-state index in [4.69, 9.17) is 21.6 Å². The zero-order valence-electron chi connectivity index (χ0n) is 25.2. The molecule has 2 fully saturated rings. The van der Waals surface area contributed by atoms with Gasteiger partial charge in [-0.2, -0.15) is 9.65 Å². The van der Waals surface area contributed by atoms with Crippen molar-refractivity contribution < 1.29 is 28.2 Å². The molecular weight excluding hydrogens is 634 g/mol. The largest absolute Gasteiger partial charge is 0.481 e. The third kappa shape index (κ3) is 6.83. The van der Waals surface area contributed by atoms with E-state index < -0.39 is 24.2 Å². The molecule has 2 aliphatic heterocycles. The summed E-state index contributed by atoms with van der Waals surface area (Å²) in [7, 11) is 0. The van der Waals surface area contributed by atoms with Crippen LogP contribution < -0.4 is 10.1 Å². The van der Waals surface area contributed by atoms with Crippen molar-refractivity contribution in [1.82, 2.24) is 29.1 Å². The van der Waals surface area contributed by atoms with Crippen molar-refractivity contribution in [3.05, 3.63) is 71.1 Å². The first-order valence-corrected chi connectivity index (χ1v) is 15.4. The smallest absolute Gasteiger partial charge is 0.307 e. The lowest BCUT2D eigenvalue weighted by Crippen LogP contribution is -2.50. The van der Waals surface area contributed by atoms with Crippen LogP contribution in [0.1, 0.15) is 16.8 Å². The van der Waals surface area contributed by atoms with Gasteiger partial charge in [0, 0.05) is 69.5 Å². The molecule has 15 heteroatoms. The molecule has 1 unspecified atom stereocenters. The lowest BCUT2D eigenvalue weighted by atomic mass is 10.1. The van der Waals surface area contributed by atoms with E-state index in [9.17, 15) is 23.5 Å². The second-order valence-corrected chi connectivity index (χ2v) is 11.8. The number of benzene rings is 2. The van der Waals surface area contributed by atoms with Gasteiger partial charge in [0.1, 0.15) is 6.07 Å². The van der Waals surface area contributed by atoms with Crippen LogP contribution in [0.25, 0.3) is 16.9 Å². The summed E-state index contributed by atoms with van der Waals surface area (Å²) in [6.45, 7) is 5.15. The van der Waals surface area contributed by atoms with E-state index in [2.05, 4.69) is 25.1 Å². The number of carboxylic acids is 1. The normalized spacial score (nSPS) is 17.1. The topological polar surface area (TPSA) is 139 Å². The van der Waals surface area contributed by atoms with Crippen LogP contribution in [0.5, 0.6) is 5.75 Å². The highest BCUT2D eigenvalue weighted by molar-refractivity contribution is 6.34. The van der Waals surface area contributed by atoms with E-state index >= 15 is 0 Å². The van der Waals surface area contributed by atoms with Crippen LogP contribution in [0.4, 0.5) is 20.3 Å². The third-order valence-corrected chi connectivity index (χ3v) is 8.83. The number of aromatic nitrogens is 3. The van der Waals surface area contributed by atoms with Crippen molar-refractivity contribution in [2.75, 3.05) is 64.3 Å². The van der Waals surface area contributed by atoms with Gasteiger partial charge in [-0.15, -0.1) is 0 Å². The van der Waals surface area contributed by atoms with Gasteiger partial charge in [0.25, 0.3) is 5.91 Å². The number of halogens is 3. The number of nitrogens with zero attached hydrogens (tertiary/aromatic N) is 7. The molecule has 244 valence electrons. The number of hydrogen-bond donors (Lipinski definition) is 2. The van der Waals surface area contributed by atoms with Crippen LogP contribution in [0.3, 0.4) is 0 Å². The Morgan fingerprint density at radius 3 is 2.57 bits per heavy atom. The number of carbonyl (C=O) groups is 2. The third-order valence-electron chi connectivity index (χ3n) is 8.52. The summed E-state index contributed by atoms with van der Waals surface area (Å²) < 4.78 is 36.1. The summed E-state index contributed by atoms with van der Waals surface area (Å²) in [5.41, 5.74) is 1.48. The van der Waals surface area contributed by atoms with Crippen LogP contribution in [-0.2, 0) is 4.79 Å². The molecule has 4 aromatic rings. The maximum absolute atomic E-state index is 15.0. The first kappa shape index (κ1) is 32.1. The number of likely N-dealkylation sites (tertiary alicyclic amines) is 1. The lowest BCUT2D eigenvalue weighted by Gasteiger charge is -2.35. The van der Waals surface area contributed by atoms with Crippen molar-refractivity contribution in [2.45, 2.75) is 6.42 Å². The number of hydrogen-bond acceptors (Lipinski definition) is 9. The maximum Gasteiger partial charge on any atom is 0.307 e. The maximum atomic E-state index is 15.0. The number of carboxylic acid groups (broad SMARTS) is 1. The standard InChI is InChI=1S/C32H31ClF2N8O4/c33-24-17-21(1-2-22(24)31(44)42-14-12-40(13-15-42)10-11-41-8-5-20(19-41)32(45)46)39-29-30-38-18-25(43(30)9-7-37-29)23-3-4-26(47-16-6-36)28(35)27(23)34/h1-4,7,9,17-18,20H,5,8,10-16,19H2,(H,37,39)(H,45,46). The van der Waals surface area contributed by atoms with E-state index in [-0.39, 0.29) is 33.9 Å². The van der Waals surface area contributed by atoms with Gasteiger partial charge in [-0.1, -0.05) is 11.6 Å². The summed E-state index contributed by atoms with van der Waals surface area (Å²) in [6, 6.07) is 9.30. The van der Waals surface area contributed by atoms with E-state index in [0.717, 1.165) is 32.7 Å². The molecule has 2 saturated heterocycles. The summed E-state index contributed by atoms with van der Waals surface area (Å²) in [4.78, 5) is 39.5. The number of nitriles is 1. The first-order valence-electron chi connectivity index (χ1n) is 15.1. The molecule has 1 amide bonds. The molecule has 2 aromatic heterocycles. The van der Waals surface area contributed by atoms with Gasteiger partial charge in [-0.3, -0.25) is 18.9 Å². The molecule has 4 heterocycles. The monoisotopic (exact) mass is 664 g/mol. The molecule has 12 nitrogen and oxygen atoms in total. The number of amides is 1. The molecule has 1 atom stereocenters. The van der Waals surface area contributed by atoms with Crippen LogP contribution >= 0.6 is 11.6 Å². The summed E-state index contributed by atoms with van der Waals surface area (Å²) in [5.74, 6) is -3.57. The molecule has 0 spiro atoms. The molecule has 0 saturated carbocycles. The molecule has 2 N–H and O–H groups in total. The van der Waals surface area contributed by atoms with E-state index in [1.807, 2.05) is 0 Å². The number of rotatable bonds is 10. The van der Waals surface area contributed by atoms with Gasteiger partial charge in [-0.25, -0.2) is 14.4 Å². The van der Waals surface area contributed by atoms with Crippen molar-refractivity contribution >= 4 is 40.6 Å². The fourth-order valence-electron chi connectivity index (χ4n) is 5.93. The summed E-state index contributed by atoms with van der Waals surface area (Å²) in [6.07, 6.45) is 5.13. The van der Waals surface area contributed by atoms with Gasteiger partial charge in [0.05, 0.1) is 28.4 Å². The van der Waals surface area contributed by atoms with E-state index in [0.29, 0.717) is 48.8 Å². The van der Waals surface area contributed by atoms with Crippen molar-refractivity contribution in [1.29, 1.82) is 5.26 Å². The van der Waals surface area contributed by atoms with Gasteiger partial charge in [0.2, 0.25) is 5.82 Å². The fraction of sp³-hybridized carbons (Fsp3) is 0.344. The van der Waals surface area contributed by atoms with Crippen molar-refractivity contribution in [2.24, 2.45) is 5.92 Å². The summed E-state index contributed by atoms with van der Waals surface area (Å²) >= 11 is 6.58. The van der Waals surface area contributed by atoms with Crippen LogP contribution in [0, 0.1) is 28.9 Å². The quantitative estimate of drug-likeness (QED) is 0.254. The Kier molecular flexibility index (Phi) is 9.48. The van der Waals surface area contributed by atoms with Crippen LogP contribution in [0.15, 0.2) is 48.9 Å². The minimum Gasteiger partial charge on any atom is -0.481 e. The molecule has 6 rings (SSSR count). The Hall–Kier alpha value is -4.84. The fourth-order valence-corrected chi connectivity index (χ4v) is 6.19. The Labute approximate surface area is 273 Å². The average molecular weight is 665 g/mol. The highest BCUT2D eigenvalue weighted by Crippen LogP contribution is 2.32. The van der Waals surface area contributed by atoms with Crippen LogP contribution in [0.2, 0.25) is 5.02 Å². The molecule has 0 bridgehead atoms. The molecule has 0 aliphatic carbocycles. The zero-order chi connectivity index (χ0) is 33.1. The number of carbonyl (C=O) groups excluding carboxylic acids is 1. The number of nitrogens with one attached hydrogen (secondary N) is 1. The van der Waals surface area contributed by atoms with Gasteiger partial charge in [-0.05, 0) is 43.3 Å². The second kappa shape index (κ2) is 13.9. The van der Waals surface area contributed by atoms with Crippen molar-refractivity contribution in [3.8, 4) is 23.1 Å². The highest BCUT2D eigenvalue weighted by atomic mass is 35.5. The van der Waals surface area contributed by atoms with E-state index in [1.54, 1.807) is 39.8 Å². The molecule has 2 aromatic carbocycles.